The minimum atomic E-state index is -4.22. The lowest BCUT2D eigenvalue weighted by Gasteiger charge is -2.09. The maximum absolute atomic E-state index is 14.8. The molecule has 1 N–H and O–H groups in total. The predicted octanol–water partition coefficient (Wildman–Crippen LogP) is 2.38. The van der Waals surface area contributed by atoms with Crippen molar-refractivity contribution in [2.45, 2.75) is 11.6 Å². The van der Waals surface area contributed by atoms with Crippen molar-refractivity contribution in [1.82, 2.24) is 14.3 Å². The van der Waals surface area contributed by atoms with Crippen LogP contribution >= 0.6 is 0 Å². The Hall–Kier alpha value is -2.52. The van der Waals surface area contributed by atoms with Crippen LogP contribution in [-0.2, 0) is 16.6 Å². The number of hydrogen-bond donors (Lipinski definition) is 1. The van der Waals surface area contributed by atoms with E-state index in [-0.39, 0.29) is 22.8 Å². The number of furan rings is 1. The normalized spacial score (nSPS) is 11.8. The van der Waals surface area contributed by atoms with Crippen molar-refractivity contribution in [2.75, 3.05) is 7.05 Å². The van der Waals surface area contributed by atoms with Gasteiger partial charge in [0.05, 0.1) is 11.8 Å². The van der Waals surface area contributed by atoms with Crippen LogP contribution in [0.15, 0.2) is 52.4 Å². The highest BCUT2D eigenvalue weighted by Crippen LogP contribution is 2.31. The molecule has 24 heavy (non-hydrogen) atoms. The lowest BCUT2D eigenvalue weighted by atomic mass is 10.2. The number of rotatable bonds is 5. The highest BCUT2D eigenvalue weighted by Gasteiger charge is 2.29. The lowest BCUT2D eigenvalue weighted by molar-refractivity contribution is 0.447. The molecule has 3 heterocycles. The molecule has 0 radical (unpaired) electrons. The van der Waals surface area contributed by atoms with Crippen molar-refractivity contribution in [3.8, 4) is 11.3 Å². The zero-order chi connectivity index (χ0) is 17.3. The molecule has 6 nitrogen and oxygen atoms in total. The van der Waals surface area contributed by atoms with Gasteiger partial charge in [0.2, 0.25) is 11.0 Å². The van der Waals surface area contributed by atoms with E-state index >= 15 is 0 Å². The summed E-state index contributed by atoms with van der Waals surface area (Å²) in [5.74, 6) is -1.81. The van der Waals surface area contributed by atoms with Crippen LogP contribution in [0, 0.1) is 11.8 Å². The molecule has 3 aromatic rings. The Balaban J connectivity index is 2.30. The van der Waals surface area contributed by atoms with Gasteiger partial charge < -0.3 is 9.73 Å². The molecule has 0 amide bonds. The standard InChI is InChI=1S/C15H13F2N3O3S/c1-18-8-10-9-20(24(21,22)12-5-3-7-23-12)14(13(10)16)11-4-2-6-19-15(11)17/h2-7,9,18H,8H2,1H3. The molecule has 126 valence electrons. The molecule has 0 atom stereocenters. The van der Waals surface area contributed by atoms with E-state index in [2.05, 4.69) is 10.3 Å². The Morgan fingerprint density at radius 1 is 1.29 bits per heavy atom. The van der Waals surface area contributed by atoms with E-state index in [0.717, 1.165) is 6.20 Å². The van der Waals surface area contributed by atoms with Gasteiger partial charge in [0.15, 0.2) is 5.82 Å². The van der Waals surface area contributed by atoms with E-state index in [9.17, 15) is 17.2 Å². The number of nitrogens with one attached hydrogen (secondary N) is 1. The first kappa shape index (κ1) is 16.3. The summed E-state index contributed by atoms with van der Waals surface area (Å²) in [5, 5.41) is 2.36. The van der Waals surface area contributed by atoms with Gasteiger partial charge in [-0.15, -0.1) is 0 Å². The molecule has 3 aromatic heterocycles. The minimum absolute atomic E-state index is 0.0708. The maximum Gasteiger partial charge on any atom is 0.301 e. The first-order chi connectivity index (χ1) is 11.5. The van der Waals surface area contributed by atoms with Crippen LogP contribution in [0.2, 0.25) is 0 Å². The number of hydrogen-bond acceptors (Lipinski definition) is 5. The van der Waals surface area contributed by atoms with Crippen molar-refractivity contribution in [3.63, 3.8) is 0 Å². The van der Waals surface area contributed by atoms with Crippen molar-refractivity contribution in [3.05, 3.63) is 60.3 Å². The first-order valence-corrected chi connectivity index (χ1v) is 8.35. The van der Waals surface area contributed by atoms with Gasteiger partial charge in [-0.2, -0.15) is 12.8 Å². The summed E-state index contributed by atoms with van der Waals surface area (Å²) in [6, 6.07) is 5.28. The molecule has 0 unspecified atom stereocenters. The smallest absolute Gasteiger partial charge is 0.301 e. The Bertz CT molecular complexity index is 966. The van der Waals surface area contributed by atoms with Crippen LogP contribution in [0.4, 0.5) is 8.78 Å². The molecule has 0 aliphatic heterocycles. The first-order valence-electron chi connectivity index (χ1n) is 6.91. The second-order valence-corrected chi connectivity index (χ2v) is 6.67. The van der Waals surface area contributed by atoms with Crippen LogP contribution < -0.4 is 5.32 Å². The van der Waals surface area contributed by atoms with Gasteiger partial charge in [0, 0.05) is 24.5 Å². The fraction of sp³-hybridized carbons (Fsp3) is 0.133. The van der Waals surface area contributed by atoms with Crippen molar-refractivity contribution in [2.24, 2.45) is 0 Å². The average molecular weight is 353 g/mol. The van der Waals surface area contributed by atoms with Crippen molar-refractivity contribution >= 4 is 10.0 Å². The lowest BCUT2D eigenvalue weighted by Crippen LogP contribution is -2.13. The predicted molar refractivity (Wildman–Crippen MR) is 81.6 cm³/mol. The highest BCUT2D eigenvalue weighted by molar-refractivity contribution is 7.89. The summed E-state index contributed by atoms with van der Waals surface area (Å²) >= 11 is 0. The number of nitrogens with zero attached hydrogens (tertiary/aromatic N) is 2. The molecule has 9 heteroatoms. The molecular formula is C15H13F2N3O3S. The topological polar surface area (TPSA) is 77.1 Å². The van der Waals surface area contributed by atoms with Gasteiger partial charge in [0.1, 0.15) is 5.69 Å². The fourth-order valence-corrected chi connectivity index (χ4v) is 3.63. The Labute approximate surface area is 136 Å². The van der Waals surface area contributed by atoms with E-state index in [0.29, 0.717) is 3.97 Å². The Morgan fingerprint density at radius 2 is 2.08 bits per heavy atom. The van der Waals surface area contributed by atoms with Gasteiger partial charge in [-0.05, 0) is 31.3 Å². The van der Waals surface area contributed by atoms with Gasteiger partial charge in [-0.25, -0.2) is 13.3 Å². The Morgan fingerprint density at radius 3 is 2.71 bits per heavy atom. The van der Waals surface area contributed by atoms with Crippen LogP contribution in [0.1, 0.15) is 5.56 Å². The third-order valence-electron chi connectivity index (χ3n) is 3.37. The summed E-state index contributed by atoms with van der Waals surface area (Å²) in [7, 11) is -2.64. The van der Waals surface area contributed by atoms with Crippen molar-refractivity contribution in [1.29, 1.82) is 0 Å². The average Bonchev–Trinajstić information content (AvgIpc) is 3.19. The molecule has 0 aliphatic carbocycles. The molecule has 0 aliphatic rings. The summed E-state index contributed by atoms with van der Waals surface area (Å²) < 4.78 is 59.8. The SMILES string of the molecule is CNCc1cn(S(=O)(=O)c2ccco2)c(-c2cccnc2F)c1F. The van der Waals surface area contributed by atoms with Gasteiger partial charge in [-0.1, -0.05) is 0 Å². The molecular weight excluding hydrogens is 340 g/mol. The molecule has 0 bridgehead atoms. The van der Waals surface area contributed by atoms with Crippen LogP contribution in [-0.4, -0.2) is 24.4 Å². The van der Waals surface area contributed by atoms with E-state index in [1.807, 2.05) is 0 Å². The fourth-order valence-electron chi connectivity index (χ4n) is 2.32. The van der Waals surface area contributed by atoms with E-state index in [1.165, 1.54) is 36.7 Å². The second-order valence-electron chi connectivity index (χ2n) is 4.92. The summed E-state index contributed by atoms with van der Waals surface area (Å²) in [5.41, 5.74) is -0.611. The minimum Gasteiger partial charge on any atom is -0.451 e. The van der Waals surface area contributed by atoms with E-state index < -0.39 is 27.5 Å². The third-order valence-corrected chi connectivity index (χ3v) is 4.92. The monoisotopic (exact) mass is 353 g/mol. The number of pyridine rings is 1. The molecule has 3 rings (SSSR count). The second kappa shape index (κ2) is 6.17. The third kappa shape index (κ3) is 2.61. The van der Waals surface area contributed by atoms with Gasteiger partial charge >= 0.3 is 10.0 Å². The van der Waals surface area contributed by atoms with Crippen LogP contribution in [0.5, 0.6) is 0 Å². The molecule has 0 aromatic carbocycles. The zero-order valence-corrected chi connectivity index (χ0v) is 13.3. The largest absolute Gasteiger partial charge is 0.451 e. The number of halogens is 2. The van der Waals surface area contributed by atoms with E-state index in [4.69, 9.17) is 4.42 Å². The number of aromatic nitrogens is 2. The zero-order valence-electron chi connectivity index (χ0n) is 12.5. The summed E-state index contributed by atoms with van der Waals surface area (Å²) in [4.78, 5) is 3.46. The Kier molecular flexibility index (Phi) is 4.20. The van der Waals surface area contributed by atoms with Crippen LogP contribution in [0.25, 0.3) is 11.3 Å². The highest BCUT2D eigenvalue weighted by atomic mass is 32.2. The van der Waals surface area contributed by atoms with Crippen molar-refractivity contribution < 1.29 is 21.6 Å². The maximum atomic E-state index is 14.8. The molecule has 0 saturated heterocycles. The quantitative estimate of drug-likeness (QED) is 0.713. The molecule has 0 fully saturated rings. The summed E-state index contributed by atoms with van der Waals surface area (Å²) in [6.45, 7) is 0.0708. The van der Waals surface area contributed by atoms with Gasteiger partial charge in [-0.3, -0.25) is 0 Å². The molecule has 0 spiro atoms. The van der Waals surface area contributed by atoms with E-state index in [1.54, 1.807) is 7.05 Å². The van der Waals surface area contributed by atoms with Crippen LogP contribution in [0.3, 0.4) is 0 Å². The molecule has 0 saturated carbocycles. The summed E-state index contributed by atoms with van der Waals surface area (Å²) in [6.07, 6.45) is 3.48. The van der Waals surface area contributed by atoms with Gasteiger partial charge in [0.25, 0.3) is 0 Å².